The van der Waals surface area contributed by atoms with E-state index in [1.165, 1.54) is 0 Å². The Bertz CT molecular complexity index is 604. The minimum atomic E-state index is -3.19. The molecule has 0 spiro atoms. The summed E-state index contributed by atoms with van der Waals surface area (Å²) in [5, 5.41) is -0.180. The van der Waals surface area contributed by atoms with E-state index in [0.29, 0.717) is 26.2 Å². The zero-order chi connectivity index (χ0) is 16.3. The molecule has 0 bridgehead atoms. The van der Waals surface area contributed by atoms with Gasteiger partial charge in [0.05, 0.1) is 30.6 Å². The zero-order valence-corrected chi connectivity index (χ0v) is 14.2. The molecule has 23 heavy (non-hydrogen) atoms. The Labute approximate surface area is 137 Å². The predicted octanol–water partition coefficient (Wildman–Crippen LogP) is 1.22. The lowest BCUT2D eigenvalue weighted by atomic mass is 10.0. The van der Waals surface area contributed by atoms with Crippen LogP contribution in [-0.4, -0.2) is 62.0 Å². The van der Waals surface area contributed by atoms with Gasteiger partial charge in [0, 0.05) is 26.0 Å². The minimum Gasteiger partial charge on any atom is -0.382 e. The number of methoxy groups -OCH3 is 1. The molecule has 2 fully saturated rings. The average molecular weight is 340 g/mol. The molecule has 2 aliphatic rings. The number of aromatic nitrogens is 1. The van der Waals surface area contributed by atoms with E-state index < -0.39 is 10.0 Å². The summed E-state index contributed by atoms with van der Waals surface area (Å²) in [4.78, 5) is 4.03. The molecular formula is C16H24N2O4S. The van der Waals surface area contributed by atoms with E-state index in [9.17, 15) is 8.42 Å². The molecule has 0 aromatic carbocycles. The van der Waals surface area contributed by atoms with E-state index in [4.69, 9.17) is 9.47 Å². The van der Waals surface area contributed by atoms with Crippen LogP contribution in [0.15, 0.2) is 24.5 Å². The van der Waals surface area contributed by atoms with Crippen LogP contribution in [0.4, 0.5) is 0 Å². The highest BCUT2D eigenvalue weighted by atomic mass is 32.2. The summed E-state index contributed by atoms with van der Waals surface area (Å²) in [7, 11) is -1.56. The van der Waals surface area contributed by atoms with Crippen LogP contribution in [0.2, 0.25) is 0 Å². The van der Waals surface area contributed by atoms with Gasteiger partial charge < -0.3 is 9.47 Å². The minimum absolute atomic E-state index is 0.0770. The fourth-order valence-corrected chi connectivity index (χ4v) is 5.20. The van der Waals surface area contributed by atoms with Crippen molar-refractivity contribution in [2.75, 3.05) is 26.9 Å². The highest BCUT2D eigenvalue weighted by molar-refractivity contribution is 7.90. The van der Waals surface area contributed by atoms with Crippen LogP contribution in [0, 0.1) is 0 Å². The molecule has 1 aromatic heterocycles. The topological polar surface area (TPSA) is 68.7 Å². The van der Waals surface area contributed by atoms with Crippen molar-refractivity contribution in [3.05, 3.63) is 30.1 Å². The van der Waals surface area contributed by atoms with Gasteiger partial charge in [0.2, 0.25) is 10.0 Å². The van der Waals surface area contributed by atoms with Crippen molar-refractivity contribution in [1.82, 2.24) is 9.29 Å². The van der Waals surface area contributed by atoms with Crippen molar-refractivity contribution in [3.63, 3.8) is 0 Å². The van der Waals surface area contributed by atoms with Gasteiger partial charge in [0.25, 0.3) is 0 Å². The fourth-order valence-electron chi connectivity index (χ4n) is 3.14. The van der Waals surface area contributed by atoms with Crippen LogP contribution in [0.1, 0.15) is 24.8 Å². The SMILES string of the molecule is COCCO[C@@H]1CCN(S(=O)(=O)C2CC2)[C@@H]1Cc1ccncc1. The van der Waals surface area contributed by atoms with Crippen molar-refractivity contribution in [3.8, 4) is 0 Å². The van der Waals surface area contributed by atoms with Crippen LogP contribution in [0.25, 0.3) is 0 Å². The number of pyridine rings is 1. The van der Waals surface area contributed by atoms with E-state index in [-0.39, 0.29) is 17.4 Å². The number of hydrogen-bond donors (Lipinski definition) is 0. The summed E-state index contributed by atoms with van der Waals surface area (Å²) in [6.07, 6.45) is 6.38. The summed E-state index contributed by atoms with van der Waals surface area (Å²) < 4.78 is 38.0. The Morgan fingerprint density at radius 1 is 1.22 bits per heavy atom. The normalized spacial score (nSPS) is 25.8. The lowest BCUT2D eigenvalue weighted by molar-refractivity contribution is 0.00635. The Morgan fingerprint density at radius 2 is 1.96 bits per heavy atom. The number of rotatable bonds is 8. The van der Waals surface area contributed by atoms with Gasteiger partial charge in [0.1, 0.15) is 0 Å². The molecule has 1 saturated heterocycles. The average Bonchev–Trinajstić information content (AvgIpc) is 3.33. The number of nitrogens with zero attached hydrogens (tertiary/aromatic N) is 2. The summed E-state index contributed by atoms with van der Waals surface area (Å²) in [5.41, 5.74) is 1.09. The monoisotopic (exact) mass is 340 g/mol. The van der Waals surface area contributed by atoms with Crippen LogP contribution in [0.5, 0.6) is 0 Å². The van der Waals surface area contributed by atoms with Gasteiger partial charge in [0.15, 0.2) is 0 Å². The van der Waals surface area contributed by atoms with Crippen molar-refractivity contribution >= 4 is 10.0 Å². The quantitative estimate of drug-likeness (QED) is 0.666. The van der Waals surface area contributed by atoms with E-state index in [1.807, 2.05) is 12.1 Å². The van der Waals surface area contributed by atoms with Crippen molar-refractivity contribution in [2.45, 2.75) is 43.1 Å². The molecule has 0 amide bonds. The molecule has 1 aromatic rings. The molecule has 2 atom stereocenters. The standard InChI is InChI=1S/C16H24N2O4S/c1-21-10-11-22-16-6-9-18(23(19,20)14-2-3-14)15(16)12-13-4-7-17-8-5-13/h4-5,7-8,14-16H,2-3,6,9-12H2,1H3/t15-,16-/m1/s1. The summed E-state index contributed by atoms with van der Waals surface area (Å²) in [6.45, 7) is 1.56. The van der Waals surface area contributed by atoms with E-state index in [1.54, 1.807) is 23.8 Å². The third-order valence-electron chi connectivity index (χ3n) is 4.52. The molecule has 6 nitrogen and oxygen atoms in total. The van der Waals surface area contributed by atoms with E-state index in [0.717, 1.165) is 24.8 Å². The highest BCUT2D eigenvalue weighted by Crippen LogP contribution is 2.36. The molecule has 2 heterocycles. The van der Waals surface area contributed by atoms with E-state index >= 15 is 0 Å². The second kappa shape index (κ2) is 7.25. The van der Waals surface area contributed by atoms with Gasteiger partial charge >= 0.3 is 0 Å². The second-order valence-corrected chi connectivity index (χ2v) is 8.34. The smallest absolute Gasteiger partial charge is 0.217 e. The maximum atomic E-state index is 12.7. The van der Waals surface area contributed by atoms with Gasteiger partial charge in [-0.15, -0.1) is 0 Å². The lowest BCUT2D eigenvalue weighted by Crippen LogP contribution is -2.43. The van der Waals surface area contributed by atoms with Gasteiger partial charge in [-0.25, -0.2) is 8.42 Å². The first-order chi connectivity index (χ1) is 11.1. The summed E-state index contributed by atoms with van der Waals surface area (Å²) in [6, 6.07) is 3.73. The zero-order valence-electron chi connectivity index (χ0n) is 13.4. The summed E-state index contributed by atoms with van der Waals surface area (Å²) >= 11 is 0. The molecule has 0 radical (unpaired) electrons. The van der Waals surface area contributed by atoms with Gasteiger partial charge in [-0.05, 0) is 43.4 Å². The van der Waals surface area contributed by atoms with Crippen molar-refractivity contribution < 1.29 is 17.9 Å². The first-order valence-corrected chi connectivity index (χ1v) is 9.63. The first kappa shape index (κ1) is 16.8. The van der Waals surface area contributed by atoms with Crippen LogP contribution in [0.3, 0.4) is 0 Å². The van der Waals surface area contributed by atoms with Crippen LogP contribution < -0.4 is 0 Å². The Balaban J connectivity index is 1.75. The maximum Gasteiger partial charge on any atom is 0.217 e. The molecule has 1 aliphatic heterocycles. The molecule has 0 unspecified atom stereocenters. The molecule has 0 N–H and O–H groups in total. The van der Waals surface area contributed by atoms with E-state index in [2.05, 4.69) is 4.98 Å². The third-order valence-corrected chi connectivity index (χ3v) is 6.94. The highest BCUT2D eigenvalue weighted by Gasteiger charge is 2.47. The predicted molar refractivity (Wildman–Crippen MR) is 86.6 cm³/mol. The molecule has 7 heteroatoms. The van der Waals surface area contributed by atoms with Crippen molar-refractivity contribution in [1.29, 1.82) is 0 Å². The largest absolute Gasteiger partial charge is 0.382 e. The Kier molecular flexibility index (Phi) is 5.31. The van der Waals surface area contributed by atoms with Crippen LogP contribution >= 0.6 is 0 Å². The Hall–Kier alpha value is -1.02. The third kappa shape index (κ3) is 3.91. The molecular weight excluding hydrogens is 316 g/mol. The molecule has 1 saturated carbocycles. The number of hydrogen-bond acceptors (Lipinski definition) is 5. The maximum absolute atomic E-state index is 12.7. The number of sulfonamides is 1. The fraction of sp³-hybridized carbons (Fsp3) is 0.688. The molecule has 3 rings (SSSR count). The Morgan fingerprint density at radius 3 is 2.61 bits per heavy atom. The molecule has 1 aliphatic carbocycles. The van der Waals surface area contributed by atoms with Crippen LogP contribution in [-0.2, 0) is 25.9 Å². The number of ether oxygens (including phenoxy) is 2. The molecule has 128 valence electrons. The van der Waals surface area contributed by atoms with Gasteiger partial charge in [-0.2, -0.15) is 4.31 Å². The van der Waals surface area contributed by atoms with Gasteiger partial charge in [-0.1, -0.05) is 0 Å². The first-order valence-electron chi connectivity index (χ1n) is 8.13. The summed E-state index contributed by atoms with van der Waals surface area (Å²) in [5.74, 6) is 0. The lowest BCUT2D eigenvalue weighted by Gasteiger charge is -2.28. The second-order valence-electron chi connectivity index (χ2n) is 6.17. The van der Waals surface area contributed by atoms with Crippen molar-refractivity contribution in [2.24, 2.45) is 0 Å². The van der Waals surface area contributed by atoms with Gasteiger partial charge in [-0.3, -0.25) is 4.98 Å².